The molecule has 0 spiro atoms. The molecule has 0 bridgehead atoms. The summed E-state index contributed by atoms with van der Waals surface area (Å²) < 4.78 is 18.4. The minimum absolute atomic E-state index is 0.126. The van der Waals surface area contributed by atoms with Crippen molar-refractivity contribution in [3.8, 4) is 5.75 Å². The Morgan fingerprint density at radius 3 is 2.59 bits per heavy atom. The molecule has 0 unspecified atom stereocenters. The monoisotopic (exact) mass is 238 g/mol. The molecule has 1 aromatic carbocycles. The van der Waals surface area contributed by atoms with Gasteiger partial charge < -0.3 is 9.84 Å². The molecular weight excluding hydrogens is 219 g/mol. The molecule has 94 valence electrons. The van der Waals surface area contributed by atoms with Gasteiger partial charge in [0.05, 0.1) is 13.2 Å². The summed E-state index contributed by atoms with van der Waals surface area (Å²) in [7, 11) is 1.47. The van der Waals surface area contributed by atoms with Crippen molar-refractivity contribution in [3.63, 3.8) is 0 Å². The first-order valence-corrected chi connectivity index (χ1v) is 6.19. The third-order valence-corrected chi connectivity index (χ3v) is 3.56. The summed E-state index contributed by atoms with van der Waals surface area (Å²) in [5.74, 6) is 0.583. The lowest BCUT2D eigenvalue weighted by Crippen LogP contribution is -2.19. The minimum atomic E-state index is -0.291. The molecule has 1 N–H and O–H groups in total. The predicted molar refractivity (Wildman–Crippen MR) is 64.6 cm³/mol. The van der Waals surface area contributed by atoms with E-state index in [0.717, 1.165) is 37.7 Å². The molecular formula is C14H19FO2. The van der Waals surface area contributed by atoms with Gasteiger partial charge in [0.2, 0.25) is 0 Å². The van der Waals surface area contributed by atoms with Crippen LogP contribution < -0.4 is 4.74 Å². The van der Waals surface area contributed by atoms with Gasteiger partial charge in [0, 0.05) is 0 Å². The van der Waals surface area contributed by atoms with Crippen molar-refractivity contribution in [2.24, 2.45) is 5.92 Å². The van der Waals surface area contributed by atoms with Gasteiger partial charge in [0.25, 0.3) is 0 Å². The third kappa shape index (κ3) is 3.19. The maximum Gasteiger partial charge on any atom is 0.165 e. The first kappa shape index (κ1) is 12.4. The topological polar surface area (TPSA) is 29.5 Å². The average Bonchev–Trinajstić information content (AvgIpc) is 2.32. The van der Waals surface area contributed by atoms with Gasteiger partial charge >= 0.3 is 0 Å². The van der Waals surface area contributed by atoms with Crippen LogP contribution in [-0.2, 0) is 6.42 Å². The Labute approximate surface area is 101 Å². The van der Waals surface area contributed by atoms with Crippen molar-refractivity contribution in [1.29, 1.82) is 0 Å². The fraction of sp³-hybridized carbons (Fsp3) is 0.571. The lowest BCUT2D eigenvalue weighted by Gasteiger charge is -2.25. The van der Waals surface area contributed by atoms with Crippen LogP contribution in [0.25, 0.3) is 0 Å². The molecule has 1 aliphatic carbocycles. The molecule has 0 saturated heterocycles. The van der Waals surface area contributed by atoms with Gasteiger partial charge in [-0.15, -0.1) is 0 Å². The molecule has 2 nitrogen and oxygen atoms in total. The van der Waals surface area contributed by atoms with Gasteiger partial charge in [-0.2, -0.15) is 0 Å². The summed E-state index contributed by atoms with van der Waals surface area (Å²) in [6.45, 7) is 0. The minimum Gasteiger partial charge on any atom is -0.494 e. The van der Waals surface area contributed by atoms with E-state index in [0.29, 0.717) is 11.7 Å². The molecule has 2 rings (SSSR count). The summed E-state index contributed by atoms with van der Waals surface area (Å²) in [4.78, 5) is 0. The number of ether oxygens (including phenoxy) is 1. The highest BCUT2D eigenvalue weighted by Crippen LogP contribution is 2.28. The zero-order chi connectivity index (χ0) is 12.3. The van der Waals surface area contributed by atoms with Crippen LogP contribution in [0.5, 0.6) is 5.75 Å². The fourth-order valence-electron chi connectivity index (χ4n) is 2.52. The molecule has 1 aromatic rings. The van der Waals surface area contributed by atoms with Crippen molar-refractivity contribution < 1.29 is 14.2 Å². The van der Waals surface area contributed by atoms with Crippen LogP contribution in [0.2, 0.25) is 0 Å². The van der Waals surface area contributed by atoms with E-state index in [1.165, 1.54) is 7.11 Å². The van der Waals surface area contributed by atoms with E-state index in [4.69, 9.17) is 4.74 Å². The highest BCUT2D eigenvalue weighted by Gasteiger charge is 2.19. The van der Waals surface area contributed by atoms with Crippen molar-refractivity contribution in [2.75, 3.05) is 7.11 Å². The van der Waals surface area contributed by atoms with Gasteiger partial charge in [-0.3, -0.25) is 0 Å². The second kappa shape index (κ2) is 5.50. The molecule has 1 aliphatic rings. The number of benzene rings is 1. The molecule has 1 fully saturated rings. The van der Waals surface area contributed by atoms with E-state index in [1.54, 1.807) is 12.1 Å². The second-order valence-corrected chi connectivity index (χ2v) is 4.85. The number of halogens is 1. The maximum atomic E-state index is 13.5. The highest BCUT2D eigenvalue weighted by atomic mass is 19.1. The summed E-state index contributed by atoms with van der Waals surface area (Å²) >= 11 is 0. The van der Waals surface area contributed by atoms with Gasteiger partial charge in [-0.25, -0.2) is 4.39 Å². The van der Waals surface area contributed by atoms with Crippen LogP contribution in [0.4, 0.5) is 4.39 Å². The van der Waals surface area contributed by atoms with Crippen LogP contribution in [0.15, 0.2) is 18.2 Å². The normalized spacial score (nSPS) is 24.6. The quantitative estimate of drug-likeness (QED) is 0.877. The summed E-state index contributed by atoms with van der Waals surface area (Å²) in [5.41, 5.74) is 1.02. The van der Waals surface area contributed by atoms with E-state index in [-0.39, 0.29) is 11.9 Å². The Bertz CT molecular complexity index is 370. The summed E-state index contributed by atoms with van der Waals surface area (Å²) in [6, 6.07) is 5.17. The van der Waals surface area contributed by atoms with Crippen LogP contribution in [0.3, 0.4) is 0 Å². The van der Waals surface area contributed by atoms with Crippen molar-refractivity contribution >= 4 is 0 Å². The Hall–Kier alpha value is -1.09. The third-order valence-electron chi connectivity index (χ3n) is 3.56. The van der Waals surface area contributed by atoms with Crippen molar-refractivity contribution in [1.82, 2.24) is 0 Å². The Kier molecular flexibility index (Phi) is 4.00. The average molecular weight is 238 g/mol. The van der Waals surface area contributed by atoms with Crippen LogP contribution in [-0.4, -0.2) is 18.3 Å². The second-order valence-electron chi connectivity index (χ2n) is 4.85. The SMILES string of the molecule is COc1ccc(CC2CCC(O)CC2)cc1F. The lowest BCUT2D eigenvalue weighted by molar-refractivity contribution is 0.108. The van der Waals surface area contributed by atoms with Crippen LogP contribution in [0.1, 0.15) is 31.2 Å². The smallest absolute Gasteiger partial charge is 0.165 e. The van der Waals surface area contributed by atoms with E-state index in [1.807, 2.05) is 6.07 Å². The molecule has 0 aromatic heterocycles. The number of aliphatic hydroxyl groups excluding tert-OH is 1. The first-order valence-electron chi connectivity index (χ1n) is 6.19. The van der Waals surface area contributed by atoms with Gasteiger partial charge in [-0.1, -0.05) is 6.07 Å². The van der Waals surface area contributed by atoms with Crippen LogP contribution >= 0.6 is 0 Å². The molecule has 0 aliphatic heterocycles. The van der Waals surface area contributed by atoms with Crippen LogP contribution in [0, 0.1) is 11.7 Å². The first-order chi connectivity index (χ1) is 8.19. The predicted octanol–water partition coefficient (Wildman–Crippen LogP) is 2.93. The number of hydrogen-bond acceptors (Lipinski definition) is 2. The summed E-state index contributed by atoms with van der Waals surface area (Å²) in [6.07, 6.45) is 4.60. The zero-order valence-corrected chi connectivity index (χ0v) is 10.2. The number of methoxy groups -OCH3 is 1. The van der Waals surface area contributed by atoms with Gasteiger partial charge in [0.1, 0.15) is 0 Å². The van der Waals surface area contributed by atoms with E-state index >= 15 is 0 Å². The highest BCUT2D eigenvalue weighted by molar-refractivity contribution is 5.29. The molecule has 0 heterocycles. The molecule has 0 radical (unpaired) electrons. The van der Waals surface area contributed by atoms with Crippen molar-refractivity contribution in [2.45, 2.75) is 38.2 Å². The Balaban J connectivity index is 1.97. The van der Waals surface area contributed by atoms with E-state index in [9.17, 15) is 9.50 Å². The number of rotatable bonds is 3. The number of aliphatic hydroxyl groups is 1. The van der Waals surface area contributed by atoms with Gasteiger partial charge in [-0.05, 0) is 55.7 Å². The van der Waals surface area contributed by atoms with E-state index < -0.39 is 0 Å². The van der Waals surface area contributed by atoms with Gasteiger partial charge in [0.15, 0.2) is 11.6 Å². The molecule has 3 heteroatoms. The maximum absolute atomic E-state index is 13.5. The van der Waals surface area contributed by atoms with Crippen molar-refractivity contribution in [3.05, 3.63) is 29.6 Å². The largest absolute Gasteiger partial charge is 0.494 e. The Morgan fingerprint density at radius 2 is 2.00 bits per heavy atom. The summed E-state index contributed by atoms with van der Waals surface area (Å²) in [5, 5.41) is 9.43. The standard InChI is InChI=1S/C14H19FO2/c1-17-14-7-4-11(9-13(14)15)8-10-2-5-12(16)6-3-10/h4,7,9-10,12,16H,2-3,5-6,8H2,1H3. The molecule has 0 amide bonds. The molecule has 1 saturated carbocycles. The fourth-order valence-corrected chi connectivity index (χ4v) is 2.52. The Morgan fingerprint density at radius 1 is 1.29 bits per heavy atom. The number of hydrogen-bond donors (Lipinski definition) is 1. The van der Waals surface area contributed by atoms with E-state index in [2.05, 4.69) is 0 Å². The lowest BCUT2D eigenvalue weighted by atomic mass is 9.83. The molecule has 17 heavy (non-hydrogen) atoms. The molecule has 0 atom stereocenters. The zero-order valence-electron chi connectivity index (χ0n) is 10.2.